The van der Waals surface area contributed by atoms with Gasteiger partial charge in [-0.1, -0.05) is 26.0 Å². The number of hydrogen-bond acceptors (Lipinski definition) is 4. The molecule has 0 saturated carbocycles. The fourth-order valence-electron chi connectivity index (χ4n) is 3.55. The number of aromatic nitrogens is 1. The summed E-state index contributed by atoms with van der Waals surface area (Å²) in [6.07, 6.45) is 2.21. The van der Waals surface area contributed by atoms with Crippen LogP contribution in [0.3, 0.4) is 0 Å². The molecule has 1 aromatic heterocycles. The Morgan fingerprint density at radius 2 is 2.04 bits per heavy atom. The second kappa shape index (κ2) is 7.99. The Labute approximate surface area is 153 Å². The number of benzene rings is 1. The summed E-state index contributed by atoms with van der Waals surface area (Å²) in [4.78, 5) is 21.1. The number of aryl methyl sites for hydroxylation is 1. The highest BCUT2D eigenvalue weighted by molar-refractivity contribution is 5.92. The van der Waals surface area contributed by atoms with Gasteiger partial charge in [0, 0.05) is 32.2 Å². The second-order valence-electron chi connectivity index (χ2n) is 7.28. The number of hydrogen-bond donors (Lipinski definition) is 0. The first-order chi connectivity index (χ1) is 12.5. The fraction of sp³-hybridized carbons (Fsp3) is 0.500. The van der Waals surface area contributed by atoms with Gasteiger partial charge in [0.2, 0.25) is 5.76 Å². The first-order valence-corrected chi connectivity index (χ1v) is 9.13. The third-order valence-electron chi connectivity index (χ3n) is 5.05. The van der Waals surface area contributed by atoms with Crippen LogP contribution in [0.2, 0.25) is 0 Å². The van der Waals surface area contributed by atoms with E-state index in [0.717, 1.165) is 25.1 Å². The Morgan fingerprint density at radius 3 is 2.65 bits per heavy atom. The Bertz CT molecular complexity index is 742. The predicted molar refractivity (Wildman–Crippen MR) is 97.2 cm³/mol. The van der Waals surface area contributed by atoms with Crippen LogP contribution in [0.4, 0.5) is 4.39 Å². The van der Waals surface area contributed by atoms with E-state index in [9.17, 15) is 9.18 Å². The number of rotatable bonds is 4. The van der Waals surface area contributed by atoms with Crippen molar-refractivity contribution in [2.45, 2.75) is 39.8 Å². The van der Waals surface area contributed by atoms with Crippen molar-refractivity contribution in [2.75, 3.05) is 19.6 Å². The zero-order valence-electron chi connectivity index (χ0n) is 15.6. The fourth-order valence-corrected chi connectivity index (χ4v) is 3.55. The maximum Gasteiger partial charge on any atom is 0.291 e. The van der Waals surface area contributed by atoms with E-state index in [1.807, 2.05) is 17.0 Å². The third-order valence-corrected chi connectivity index (χ3v) is 5.05. The second-order valence-corrected chi connectivity index (χ2v) is 7.28. The minimum Gasteiger partial charge on any atom is -0.438 e. The Morgan fingerprint density at radius 1 is 1.31 bits per heavy atom. The summed E-state index contributed by atoms with van der Waals surface area (Å²) < 4.78 is 18.5. The van der Waals surface area contributed by atoms with Crippen molar-refractivity contribution >= 4 is 5.91 Å². The summed E-state index contributed by atoms with van der Waals surface area (Å²) in [6.45, 7) is 9.15. The minimum absolute atomic E-state index is 0.0886. The molecule has 1 aromatic carbocycles. The van der Waals surface area contributed by atoms with E-state index in [4.69, 9.17) is 4.42 Å². The lowest BCUT2D eigenvalue weighted by Gasteiger charge is -2.34. The van der Waals surface area contributed by atoms with Crippen LogP contribution in [0.5, 0.6) is 0 Å². The maximum atomic E-state index is 13.2. The average molecular weight is 359 g/mol. The summed E-state index contributed by atoms with van der Waals surface area (Å²) in [5, 5.41) is 0. The van der Waals surface area contributed by atoms with Crippen LogP contribution in [0.25, 0.3) is 0 Å². The van der Waals surface area contributed by atoms with Crippen molar-refractivity contribution in [3.8, 4) is 0 Å². The van der Waals surface area contributed by atoms with E-state index < -0.39 is 0 Å². The lowest BCUT2D eigenvalue weighted by atomic mass is 10.0. The summed E-state index contributed by atoms with van der Waals surface area (Å²) in [5.41, 5.74) is 1.71. The quantitative estimate of drug-likeness (QED) is 0.838. The maximum absolute atomic E-state index is 13.2. The molecule has 0 spiro atoms. The largest absolute Gasteiger partial charge is 0.438 e. The molecule has 2 aromatic rings. The van der Waals surface area contributed by atoms with E-state index in [2.05, 4.69) is 23.7 Å². The zero-order valence-corrected chi connectivity index (χ0v) is 15.6. The van der Waals surface area contributed by atoms with Crippen LogP contribution in [-0.4, -0.2) is 46.4 Å². The van der Waals surface area contributed by atoms with Gasteiger partial charge in [-0.05, 0) is 37.0 Å². The van der Waals surface area contributed by atoms with E-state index >= 15 is 0 Å². The average Bonchev–Trinajstić information content (AvgIpc) is 2.92. The van der Waals surface area contributed by atoms with Crippen LogP contribution < -0.4 is 0 Å². The minimum atomic E-state index is -0.218. The molecule has 1 saturated heterocycles. The highest BCUT2D eigenvalue weighted by atomic mass is 19.1. The van der Waals surface area contributed by atoms with Crippen molar-refractivity contribution in [2.24, 2.45) is 5.92 Å². The molecule has 0 radical (unpaired) electrons. The Hall–Kier alpha value is -2.21. The standard InChI is InChI=1S/C20H26FN3O2/c1-14(2)18-12-24(20(25)19-15(3)22-13-26-19)10-4-9-23(18)11-16-5-7-17(21)8-6-16/h5-8,13-14,18H,4,9-12H2,1-3H3. The molecular formula is C20H26FN3O2. The van der Waals surface area contributed by atoms with Crippen LogP contribution >= 0.6 is 0 Å². The molecule has 5 nitrogen and oxygen atoms in total. The van der Waals surface area contributed by atoms with Gasteiger partial charge < -0.3 is 9.32 Å². The smallest absolute Gasteiger partial charge is 0.291 e. The molecule has 1 fully saturated rings. The van der Waals surface area contributed by atoms with Gasteiger partial charge in [-0.2, -0.15) is 0 Å². The van der Waals surface area contributed by atoms with Gasteiger partial charge in [0.05, 0.1) is 5.69 Å². The van der Waals surface area contributed by atoms with Crippen LogP contribution in [0.1, 0.15) is 42.1 Å². The molecule has 140 valence electrons. The predicted octanol–water partition coefficient (Wildman–Crippen LogP) is 3.49. The van der Waals surface area contributed by atoms with Gasteiger partial charge in [0.25, 0.3) is 5.91 Å². The highest BCUT2D eigenvalue weighted by Gasteiger charge is 2.31. The van der Waals surface area contributed by atoms with Crippen molar-refractivity contribution in [1.29, 1.82) is 0 Å². The molecule has 3 rings (SSSR count). The van der Waals surface area contributed by atoms with Gasteiger partial charge in [-0.25, -0.2) is 9.37 Å². The molecule has 2 heterocycles. The first kappa shape index (κ1) is 18.6. The number of oxazole rings is 1. The van der Waals surface area contributed by atoms with Crippen molar-refractivity contribution in [3.63, 3.8) is 0 Å². The van der Waals surface area contributed by atoms with Gasteiger partial charge >= 0.3 is 0 Å². The third kappa shape index (κ3) is 4.12. The Kier molecular flexibility index (Phi) is 5.71. The topological polar surface area (TPSA) is 49.6 Å². The summed E-state index contributed by atoms with van der Waals surface area (Å²) in [6, 6.07) is 6.89. The van der Waals surface area contributed by atoms with Gasteiger partial charge in [-0.3, -0.25) is 9.69 Å². The highest BCUT2D eigenvalue weighted by Crippen LogP contribution is 2.22. The molecule has 0 bridgehead atoms. The van der Waals surface area contributed by atoms with E-state index in [1.165, 1.54) is 18.5 Å². The van der Waals surface area contributed by atoms with E-state index in [-0.39, 0.29) is 17.8 Å². The van der Waals surface area contributed by atoms with E-state index in [0.29, 0.717) is 30.5 Å². The van der Waals surface area contributed by atoms with Crippen molar-refractivity contribution in [3.05, 3.63) is 53.5 Å². The monoisotopic (exact) mass is 359 g/mol. The molecule has 1 aliphatic rings. The van der Waals surface area contributed by atoms with Crippen LogP contribution in [-0.2, 0) is 6.54 Å². The number of halogens is 1. The normalized spacial score (nSPS) is 19.0. The van der Waals surface area contributed by atoms with Gasteiger partial charge in [0.15, 0.2) is 6.39 Å². The number of amides is 1. The Balaban J connectivity index is 1.76. The molecule has 6 heteroatoms. The molecule has 26 heavy (non-hydrogen) atoms. The summed E-state index contributed by atoms with van der Waals surface area (Å²) in [7, 11) is 0. The molecular weight excluding hydrogens is 333 g/mol. The van der Waals surface area contributed by atoms with Gasteiger partial charge in [0.1, 0.15) is 5.82 Å². The lowest BCUT2D eigenvalue weighted by molar-refractivity contribution is 0.0670. The molecule has 1 atom stereocenters. The van der Waals surface area contributed by atoms with E-state index in [1.54, 1.807) is 6.92 Å². The first-order valence-electron chi connectivity index (χ1n) is 9.13. The summed E-state index contributed by atoms with van der Waals surface area (Å²) in [5.74, 6) is 0.415. The van der Waals surface area contributed by atoms with Crippen molar-refractivity contribution < 1.29 is 13.6 Å². The molecule has 1 unspecified atom stereocenters. The van der Waals surface area contributed by atoms with Crippen LogP contribution in [0.15, 0.2) is 35.1 Å². The van der Waals surface area contributed by atoms with Crippen molar-refractivity contribution in [1.82, 2.24) is 14.8 Å². The molecule has 1 amide bonds. The van der Waals surface area contributed by atoms with Crippen LogP contribution in [0, 0.1) is 18.7 Å². The summed E-state index contributed by atoms with van der Waals surface area (Å²) >= 11 is 0. The SMILES string of the molecule is Cc1ncoc1C(=O)N1CCCN(Cc2ccc(F)cc2)C(C(C)C)C1. The number of carbonyl (C=O) groups excluding carboxylic acids is 1. The number of carbonyl (C=O) groups is 1. The lowest BCUT2D eigenvalue weighted by Crippen LogP contribution is -2.45. The molecule has 1 aliphatic heterocycles. The molecule has 0 N–H and O–H groups in total. The molecule has 0 aliphatic carbocycles. The number of nitrogens with zero attached hydrogens (tertiary/aromatic N) is 3. The zero-order chi connectivity index (χ0) is 18.7. The van der Waals surface area contributed by atoms with Gasteiger partial charge in [-0.15, -0.1) is 0 Å².